The highest BCUT2D eigenvalue weighted by Crippen LogP contribution is 2.36. The second-order valence-corrected chi connectivity index (χ2v) is 4.66. The minimum atomic E-state index is -0.736. The van der Waals surface area contributed by atoms with Crippen molar-refractivity contribution in [3.8, 4) is 11.5 Å². The molecular formula is C14H10ClF2NO2. The molecule has 0 saturated heterocycles. The third-order valence-electron chi connectivity index (χ3n) is 2.94. The molecule has 104 valence electrons. The second kappa shape index (κ2) is 5.17. The minimum Gasteiger partial charge on any atom is -0.454 e. The molecule has 2 aromatic rings. The lowest BCUT2D eigenvalue weighted by Crippen LogP contribution is -2.04. The Morgan fingerprint density at radius 1 is 1.20 bits per heavy atom. The summed E-state index contributed by atoms with van der Waals surface area (Å²) in [5.41, 5.74) is 0.865. The van der Waals surface area contributed by atoms with Crippen LogP contribution >= 0.6 is 11.6 Å². The highest BCUT2D eigenvalue weighted by atomic mass is 35.5. The van der Waals surface area contributed by atoms with E-state index in [1.54, 1.807) is 6.07 Å². The number of rotatable bonds is 3. The first-order valence-corrected chi connectivity index (χ1v) is 6.29. The first kappa shape index (κ1) is 13.0. The van der Waals surface area contributed by atoms with Crippen LogP contribution in [0.15, 0.2) is 30.3 Å². The Kier molecular flexibility index (Phi) is 3.36. The van der Waals surface area contributed by atoms with Crippen molar-refractivity contribution in [2.24, 2.45) is 0 Å². The van der Waals surface area contributed by atoms with E-state index < -0.39 is 11.6 Å². The molecule has 0 fully saturated rings. The van der Waals surface area contributed by atoms with Crippen LogP contribution in [0.4, 0.5) is 14.5 Å². The molecule has 0 bridgehead atoms. The number of fused-ring (bicyclic) bond motifs is 1. The van der Waals surface area contributed by atoms with Crippen molar-refractivity contribution in [3.05, 3.63) is 52.6 Å². The molecule has 6 heteroatoms. The van der Waals surface area contributed by atoms with E-state index in [1.165, 1.54) is 0 Å². The average molecular weight is 298 g/mol. The molecule has 0 radical (unpaired) electrons. The van der Waals surface area contributed by atoms with E-state index in [0.717, 1.165) is 17.7 Å². The third kappa shape index (κ3) is 2.36. The van der Waals surface area contributed by atoms with Crippen LogP contribution in [-0.4, -0.2) is 6.79 Å². The molecule has 1 N–H and O–H groups in total. The van der Waals surface area contributed by atoms with Crippen molar-refractivity contribution < 1.29 is 18.3 Å². The molecule has 0 aliphatic carbocycles. The van der Waals surface area contributed by atoms with Gasteiger partial charge in [-0.15, -0.1) is 0 Å². The molecule has 3 rings (SSSR count). The summed E-state index contributed by atoms with van der Waals surface area (Å²) in [5, 5.41) is 2.84. The average Bonchev–Trinajstić information content (AvgIpc) is 2.86. The first-order chi connectivity index (χ1) is 9.65. The van der Waals surface area contributed by atoms with Gasteiger partial charge < -0.3 is 14.8 Å². The molecule has 0 spiro atoms. The summed E-state index contributed by atoms with van der Waals surface area (Å²) in [6.07, 6.45) is 0. The number of benzene rings is 2. The molecule has 1 heterocycles. The Hall–Kier alpha value is -2.01. The SMILES string of the molecule is Fc1cc(F)c(NCc2cccc3c2OCO3)c(Cl)c1. The van der Waals surface area contributed by atoms with Gasteiger partial charge in [0.15, 0.2) is 17.3 Å². The molecule has 0 atom stereocenters. The molecule has 1 aliphatic heterocycles. The smallest absolute Gasteiger partial charge is 0.231 e. The lowest BCUT2D eigenvalue weighted by atomic mass is 10.2. The highest BCUT2D eigenvalue weighted by molar-refractivity contribution is 6.33. The summed E-state index contributed by atoms with van der Waals surface area (Å²) in [4.78, 5) is 0. The Morgan fingerprint density at radius 3 is 2.85 bits per heavy atom. The quantitative estimate of drug-likeness (QED) is 0.930. The number of nitrogens with one attached hydrogen (secondary N) is 1. The second-order valence-electron chi connectivity index (χ2n) is 4.25. The van der Waals surface area contributed by atoms with Crippen molar-refractivity contribution >= 4 is 17.3 Å². The summed E-state index contributed by atoms with van der Waals surface area (Å²) >= 11 is 5.82. The molecule has 0 unspecified atom stereocenters. The van der Waals surface area contributed by atoms with Crippen LogP contribution in [0.25, 0.3) is 0 Å². The van der Waals surface area contributed by atoms with Gasteiger partial charge in [-0.05, 0) is 12.1 Å². The van der Waals surface area contributed by atoms with Gasteiger partial charge in [0.2, 0.25) is 6.79 Å². The van der Waals surface area contributed by atoms with Crippen LogP contribution < -0.4 is 14.8 Å². The molecule has 0 aromatic heterocycles. The number of anilines is 1. The molecule has 1 aliphatic rings. The summed E-state index contributed by atoms with van der Waals surface area (Å²) in [5.74, 6) is -0.177. The van der Waals surface area contributed by atoms with E-state index in [-0.39, 0.29) is 24.0 Å². The maximum absolute atomic E-state index is 13.6. The van der Waals surface area contributed by atoms with Gasteiger partial charge in [0.25, 0.3) is 0 Å². The lowest BCUT2D eigenvalue weighted by molar-refractivity contribution is 0.173. The minimum absolute atomic E-state index is 0.00718. The van der Waals surface area contributed by atoms with E-state index in [2.05, 4.69) is 5.32 Å². The van der Waals surface area contributed by atoms with Gasteiger partial charge in [0.05, 0.1) is 10.7 Å². The molecule has 20 heavy (non-hydrogen) atoms. The standard InChI is InChI=1S/C14H10ClF2NO2/c15-10-4-9(16)5-11(17)13(10)18-6-8-2-1-3-12-14(8)20-7-19-12/h1-5,18H,6-7H2. The Labute approximate surface area is 119 Å². The van der Waals surface area contributed by atoms with E-state index in [9.17, 15) is 8.78 Å². The number of ether oxygens (including phenoxy) is 2. The van der Waals surface area contributed by atoms with Crippen LogP contribution in [0.3, 0.4) is 0 Å². The van der Waals surface area contributed by atoms with Crippen LogP contribution in [0, 0.1) is 11.6 Å². The summed E-state index contributed by atoms with van der Waals surface area (Å²) < 4.78 is 37.2. The topological polar surface area (TPSA) is 30.5 Å². The molecular weight excluding hydrogens is 288 g/mol. The van der Waals surface area contributed by atoms with Crippen molar-refractivity contribution in [2.45, 2.75) is 6.54 Å². The van der Waals surface area contributed by atoms with E-state index in [1.807, 2.05) is 12.1 Å². The first-order valence-electron chi connectivity index (χ1n) is 5.91. The predicted molar refractivity (Wildman–Crippen MR) is 71.3 cm³/mol. The lowest BCUT2D eigenvalue weighted by Gasteiger charge is -2.11. The van der Waals surface area contributed by atoms with Gasteiger partial charge in [-0.1, -0.05) is 23.7 Å². The van der Waals surface area contributed by atoms with Gasteiger partial charge in [-0.2, -0.15) is 0 Å². The fourth-order valence-corrected chi connectivity index (χ4v) is 2.29. The highest BCUT2D eigenvalue weighted by Gasteiger charge is 2.17. The van der Waals surface area contributed by atoms with Gasteiger partial charge in [0.1, 0.15) is 5.82 Å². The van der Waals surface area contributed by atoms with Crippen LogP contribution in [0.1, 0.15) is 5.56 Å². The molecule has 2 aromatic carbocycles. The number of para-hydroxylation sites is 1. The monoisotopic (exact) mass is 297 g/mol. The van der Waals surface area contributed by atoms with E-state index in [4.69, 9.17) is 21.1 Å². The Morgan fingerprint density at radius 2 is 2.05 bits per heavy atom. The van der Waals surface area contributed by atoms with Crippen molar-refractivity contribution in [3.63, 3.8) is 0 Å². The van der Waals surface area contributed by atoms with Crippen molar-refractivity contribution in [1.29, 1.82) is 0 Å². The van der Waals surface area contributed by atoms with Crippen LogP contribution in [0.2, 0.25) is 5.02 Å². The fourth-order valence-electron chi connectivity index (χ4n) is 2.02. The summed E-state index contributed by atoms with van der Waals surface area (Å²) in [6.45, 7) is 0.451. The predicted octanol–water partition coefficient (Wildman–Crippen LogP) is 3.96. The zero-order chi connectivity index (χ0) is 14.1. The van der Waals surface area contributed by atoms with Crippen molar-refractivity contribution in [2.75, 3.05) is 12.1 Å². The van der Waals surface area contributed by atoms with Crippen molar-refractivity contribution in [1.82, 2.24) is 0 Å². The van der Waals surface area contributed by atoms with Gasteiger partial charge in [-0.3, -0.25) is 0 Å². The molecule has 3 nitrogen and oxygen atoms in total. The van der Waals surface area contributed by atoms with Gasteiger partial charge in [0, 0.05) is 18.2 Å². The summed E-state index contributed by atoms with van der Waals surface area (Å²) in [7, 11) is 0. The van der Waals surface area contributed by atoms with Gasteiger partial charge in [-0.25, -0.2) is 8.78 Å². The molecule has 0 saturated carbocycles. The zero-order valence-corrected chi connectivity index (χ0v) is 11.0. The van der Waals surface area contributed by atoms with E-state index >= 15 is 0 Å². The molecule has 0 amide bonds. The summed E-state index contributed by atoms with van der Waals surface area (Å²) in [6, 6.07) is 7.27. The largest absolute Gasteiger partial charge is 0.454 e. The van der Waals surface area contributed by atoms with Crippen LogP contribution in [0.5, 0.6) is 11.5 Å². The maximum Gasteiger partial charge on any atom is 0.231 e. The Bertz CT molecular complexity index is 641. The maximum atomic E-state index is 13.6. The van der Waals surface area contributed by atoms with E-state index in [0.29, 0.717) is 11.5 Å². The number of hydrogen-bond acceptors (Lipinski definition) is 3. The normalized spacial score (nSPS) is 12.6. The zero-order valence-electron chi connectivity index (χ0n) is 10.3. The number of halogens is 3. The Balaban J connectivity index is 1.83. The van der Waals surface area contributed by atoms with Crippen LogP contribution in [-0.2, 0) is 6.54 Å². The number of hydrogen-bond donors (Lipinski definition) is 1. The fraction of sp³-hybridized carbons (Fsp3) is 0.143. The third-order valence-corrected chi connectivity index (χ3v) is 3.24. The van der Waals surface area contributed by atoms with Gasteiger partial charge >= 0.3 is 0 Å².